The van der Waals surface area contributed by atoms with Gasteiger partial charge in [0.05, 0.1) is 6.10 Å². The average Bonchev–Trinajstić information content (AvgIpc) is 2.59. The van der Waals surface area contributed by atoms with Gasteiger partial charge in [0.1, 0.15) is 0 Å². The first-order chi connectivity index (χ1) is 11.5. The van der Waals surface area contributed by atoms with Gasteiger partial charge in [0.2, 0.25) is 11.8 Å². The minimum Gasteiger partial charge on any atom is -0.393 e. The molecule has 3 rings (SSSR count). The van der Waals surface area contributed by atoms with E-state index in [1.165, 1.54) is 0 Å². The number of aliphatic hydroxyl groups excluding tert-OH is 1. The predicted molar refractivity (Wildman–Crippen MR) is 92.5 cm³/mol. The van der Waals surface area contributed by atoms with Crippen molar-refractivity contribution >= 4 is 17.5 Å². The molecule has 3 atom stereocenters. The largest absolute Gasteiger partial charge is 0.393 e. The van der Waals surface area contributed by atoms with E-state index in [2.05, 4.69) is 5.32 Å². The van der Waals surface area contributed by atoms with Gasteiger partial charge >= 0.3 is 0 Å². The van der Waals surface area contributed by atoms with E-state index in [1.807, 2.05) is 29.2 Å². The summed E-state index contributed by atoms with van der Waals surface area (Å²) in [6.45, 7) is 3.19. The molecule has 0 bridgehead atoms. The second-order valence-corrected chi connectivity index (χ2v) is 7.07. The van der Waals surface area contributed by atoms with E-state index < -0.39 is 0 Å². The number of aliphatic hydroxyl groups is 1. The molecule has 2 amide bonds. The highest BCUT2D eigenvalue weighted by atomic mass is 16.3. The molecule has 0 saturated carbocycles. The molecule has 3 unspecified atom stereocenters. The summed E-state index contributed by atoms with van der Waals surface area (Å²) in [5.41, 5.74) is 2.03. The number of carbonyl (C=O) groups is 2. The molecule has 0 radical (unpaired) electrons. The van der Waals surface area contributed by atoms with Gasteiger partial charge in [-0.3, -0.25) is 9.59 Å². The van der Waals surface area contributed by atoms with Crippen LogP contribution >= 0.6 is 0 Å². The number of benzene rings is 1. The quantitative estimate of drug-likeness (QED) is 0.889. The first-order valence-corrected chi connectivity index (χ1v) is 8.89. The Morgan fingerprint density at radius 2 is 2.21 bits per heavy atom. The second kappa shape index (κ2) is 7.34. The van der Waals surface area contributed by atoms with Crippen LogP contribution in [-0.4, -0.2) is 41.0 Å². The van der Waals surface area contributed by atoms with Gasteiger partial charge in [0.25, 0.3) is 0 Å². The van der Waals surface area contributed by atoms with Crippen molar-refractivity contribution in [3.05, 3.63) is 29.8 Å². The Hall–Kier alpha value is -1.88. The number of amides is 2. The smallest absolute Gasteiger partial charge is 0.227 e. The minimum absolute atomic E-state index is 0.0157. The van der Waals surface area contributed by atoms with E-state index in [-0.39, 0.29) is 29.8 Å². The van der Waals surface area contributed by atoms with Crippen molar-refractivity contribution in [2.24, 2.45) is 11.8 Å². The second-order valence-electron chi connectivity index (χ2n) is 7.07. The zero-order chi connectivity index (χ0) is 17.1. The summed E-state index contributed by atoms with van der Waals surface area (Å²) in [5, 5.41) is 12.7. The van der Waals surface area contributed by atoms with Crippen LogP contribution in [0.1, 0.15) is 38.2 Å². The van der Waals surface area contributed by atoms with Gasteiger partial charge in [-0.1, -0.05) is 18.2 Å². The first kappa shape index (κ1) is 17.0. The normalized spacial score (nSPS) is 24.9. The van der Waals surface area contributed by atoms with Crippen LogP contribution in [0.4, 0.5) is 5.69 Å². The number of rotatable bonds is 4. The summed E-state index contributed by atoms with van der Waals surface area (Å²) in [7, 11) is 0. The summed E-state index contributed by atoms with van der Waals surface area (Å²) in [6.07, 6.45) is 3.22. The lowest BCUT2D eigenvalue weighted by Crippen LogP contribution is -2.43. The highest BCUT2D eigenvalue weighted by Gasteiger charge is 2.29. The molecule has 1 saturated heterocycles. The lowest BCUT2D eigenvalue weighted by molar-refractivity contribution is -0.134. The van der Waals surface area contributed by atoms with E-state index in [0.717, 1.165) is 30.6 Å². The highest BCUT2D eigenvalue weighted by Crippen LogP contribution is 2.28. The fourth-order valence-corrected chi connectivity index (χ4v) is 3.73. The van der Waals surface area contributed by atoms with E-state index >= 15 is 0 Å². The monoisotopic (exact) mass is 330 g/mol. The molecule has 0 aliphatic carbocycles. The third kappa shape index (κ3) is 3.78. The highest BCUT2D eigenvalue weighted by molar-refractivity contribution is 5.96. The topological polar surface area (TPSA) is 69.6 Å². The van der Waals surface area contributed by atoms with Crippen molar-refractivity contribution in [1.29, 1.82) is 0 Å². The Morgan fingerprint density at radius 3 is 3.00 bits per heavy atom. The lowest BCUT2D eigenvalue weighted by atomic mass is 9.89. The molecule has 2 aliphatic rings. The molecule has 0 spiro atoms. The SMILES string of the molecule is CC(O)C1CCCN(C(=O)CCC2Cc3ccccc3NC2=O)C1. The molecule has 2 N–H and O–H groups in total. The number of hydrogen-bond donors (Lipinski definition) is 2. The molecule has 0 aromatic heterocycles. The molecule has 5 heteroatoms. The third-order valence-corrected chi connectivity index (χ3v) is 5.31. The molecule has 24 heavy (non-hydrogen) atoms. The van der Waals surface area contributed by atoms with Gasteiger partial charge < -0.3 is 15.3 Å². The van der Waals surface area contributed by atoms with E-state index in [9.17, 15) is 14.7 Å². The van der Waals surface area contributed by atoms with Gasteiger partial charge in [-0.2, -0.15) is 0 Å². The Bertz CT molecular complexity index is 614. The van der Waals surface area contributed by atoms with Gasteiger partial charge in [-0.15, -0.1) is 0 Å². The maximum Gasteiger partial charge on any atom is 0.227 e. The number of hydrogen-bond acceptors (Lipinski definition) is 3. The van der Waals surface area contributed by atoms with Crippen LogP contribution in [0.25, 0.3) is 0 Å². The Morgan fingerprint density at radius 1 is 1.42 bits per heavy atom. The van der Waals surface area contributed by atoms with Crippen molar-refractivity contribution in [3.63, 3.8) is 0 Å². The summed E-state index contributed by atoms with van der Waals surface area (Å²) >= 11 is 0. The number of likely N-dealkylation sites (tertiary alicyclic amines) is 1. The van der Waals surface area contributed by atoms with Gasteiger partial charge in [-0.25, -0.2) is 0 Å². The molecule has 5 nitrogen and oxygen atoms in total. The molecule has 130 valence electrons. The number of piperidine rings is 1. The van der Waals surface area contributed by atoms with Crippen molar-refractivity contribution < 1.29 is 14.7 Å². The standard InChI is InChI=1S/C19H26N2O3/c1-13(22)16-6-4-10-21(12-16)18(23)9-8-15-11-14-5-2-3-7-17(14)20-19(15)24/h2-3,5,7,13,15-16,22H,4,6,8-12H2,1H3,(H,20,24). The average molecular weight is 330 g/mol. The summed E-state index contributed by atoms with van der Waals surface area (Å²) in [6, 6.07) is 7.83. The van der Waals surface area contributed by atoms with E-state index in [0.29, 0.717) is 25.8 Å². The van der Waals surface area contributed by atoms with Crippen molar-refractivity contribution in [2.45, 2.75) is 45.1 Å². The van der Waals surface area contributed by atoms with Crippen LogP contribution in [-0.2, 0) is 16.0 Å². The number of carbonyl (C=O) groups excluding carboxylic acids is 2. The predicted octanol–water partition coefficient (Wildman–Crippen LogP) is 2.20. The van der Waals surface area contributed by atoms with Crippen LogP contribution < -0.4 is 5.32 Å². The number of anilines is 1. The Labute approximate surface area is 143 Å². The zero-order valence-electron chi connectivity index (χ0n) is 14.2. The molecular weight excluding hydrogens is 304 g/mol. The van der Waals surface area contributed by atoms with Crippen molar-refractivity contribution in [2.75, 3.05) is 18.4 Å². The van der Waals surface area contributed by atoms with Gasteiger partial charge in [-0.05, 0) is 44.2 Å². The Balaban J connectivity index is 1.54. The Kier molecular flexibility index (Phi) is 5.19. The molecular formula is C19H26N2O3. The van der Waals surface area contributed by atoms with Crippen molar-refractivity contribution in [3.8, 4) is 0 Å². The number of fused-ring (bicyclic) bond motifs is 1. The third-order valence-electron chi connectivity index (χ3n) is 5.31. The summed E-state index contributed by atoms with van der Waals surface area (Å²) in [4.78, 5) is 26.5. The number of para-hydroxylation sites is 1. The van der Waals surface area contributed by atoms with Crippen LogP contribution in [0.5, 0.6) is 0 Å². The number of nitrogens with zero attached hydrogens (tertiary/aromatic N) is 1. The molecule has 2 aliphatic heterocycles. The maximum atomic E-state index is 12.5. The fraction of sp³-hybridized carbons (Fsp3) is 0.579. The molecule has 1 aromatic carbocycles. The van der Waals surface area contributed by atoms with E-state index in [4.69, 9.17) is 0 Å². The molecule has 2 heterocycles. The summed E-state index contributed by atoms with van der Waals surface area (Å²) in [5.74, 6) is 0.155. The number of nitrogens with one attached hydrogen (secondary N) is 1. The maximum absolute atomic E-state index is 12.5. The van der Waals surface area contributed by atoms with Crippen molar-refractivity contribution in [1.82, 2.24) is 4.90 Å². The van der Waals surface area contributed by atoms with Crippen LogP contribution in [0.2, 0.25) is 0 Å². The zero-order valence-corrected chi connectivity index (χ0v) is 14.2. The van der Waals surface area contributed by atoms with E-state index in [1.54, 1.807) is 6.92 Å². The fourth-order valence-electron chi connectivity index (χ4n) is 3.73. The molecule has 1 aromatic rings. The molecule has 1 fully saturated rings. The first-order valence-electron chi connectivity index (χ1n) is 8.89. The summed E-state index contributed by atoms with van der Waals surface area (Å²) < 4.78 is 0. The lowest BCUT2D eigenvalue weighted by Gasteiger charge is -2.34. The van der Waals surface area contributed by atoms with Crippen LogP contribution in [0.3, 0.4) is 0 Å². The van der Waals surface area contributed by atoms with Gasteiger partial charge in [0, 0.05) is 37.0 Å². The van der Waals surface area contributed by atoms with Gasteiger partial charge in [0.15, 0.2) is 0 Å². The van der Waals surface area contributed by atoms with Crippen LogP contribution in [0.15, 0.2) is 24.3 Å². The van der Waals surface area contributed by atoms with Crippen LogP contribution in [0, 0.1) is 11.8 Å². The minimum atomic E-state index is -0.374.